The highest BCUT2D eigenvalue weighted by Crippen LogP contribution is 2.33. The Balaban J connectivity index is 1.63. The molecule has 0 atom stereocenters. The quantitative estimate of drug-likeness (QED) is 0.380. The van der Waals surface area contributed by atoms with Crippen molar-refractivity contribution in [2.24, 2.45) is 5.92 Å². The third-order valence-electron chi connectivity index (χ3n) is 4.78. The van der Waals surface area contributed by atoms with Gasteiger partial charge in [0.25, 0.3) is 5.91 Å². The maximum atomic E-state index is 13.1. The van der Waals surface area contributed by atoms with Gasteiger partial charge in [0.05, 0.1) is 12.3 Å². The van der Waals surface area contributed by atoms with Crippen molar-refractivity contribution in [1.82, 2.24) is 0 Å². The molecule has 1 heterocycles. The minimum Gasteiger partial charge on any atom is -0.493 e. The highest BCUT2D eigenvalue weighted by Gasteiger charge is 2.23. The van der Waals surface area contributed by atoms with Crippen molar-refractivity contribution in [3.05, 3.63) is 95.7 Å². The lowest BCUT2D eigenvalue weighted by Gasteiger charge is -2.10. The number of hydrogen-bond acceptors (Lipinski definition) is 4. The first kappa shape index (κ1) is 20.4. The van der Waals surface area contributed by atoms with Crippen LogP contribution < -0.4 is 10.1 Å². The van der Waals surface area contributed by atoms with Crippen molar-refractivity contribution >= 4 is 28.3 Å². The van der Waals surface area contributed by atoms with E-state index in [1.807, 2.05) is 24.3 Å². The molecular weight excluding hydrogens is 390 g/mol. The van der Waals surface area contributed by atoms with Crippen molar-refractivity contribution in [3.8, 4) is 5.75 Å². The van der Waals surface area contributed by atoms with E-state index in [1.54, 1.807) is 54.6 Å². The number of fused-ring (bicyclic) bond motifs is 1. The van der Waals surface area contributed by atoms with Crippen molar-refractivity contribution in [2.45, 2.75) is 13.8 Å². The summed E-state index contributed by atoms with van der Waals surface area (Å²) in [6.45, 7) is 4.76. The molecule has 4 aromatic rings. The number of nitrogens with one attached hydrogen (secondary N) is 1. The predicted molar refractivity (Wildman–Crippen MR) is 121 cm³/mol. The molecule has 0 bridgehead atoms. The molecule has 0 aliphatic carbocycles. The Morgan fingerprint density at radius 3 is 2.26 bits per heavy atom. The van der Waals surface area contributed by atoms with E-state index in [-0.39, 0.29) is 17.5 Å². The van der Waals surface area contributed by atoms with Crippen molar-refractivity contribution in [3.63, 3.8) is 0 Å². The molecule has 0 aliphatic rings. The average Bonchev–Trinajstić information content (AvgIpc) is 3.16. The number of carbonyl (C=O) groups is 2. The Hall–Kier alpha value is -3.86. The van der Waals surface area contributed by atoms with Gasteiger partial charge in [0.1, 0.15) is 11.3 Å². The van der Waals surface area contributed by atoms with Crippen LogP contribution in [0.1, 0.15) is 40.3 Å². The van der Waals surface area contributed by atoms with Gasteiger partial charge in [-0.05, 0) is 42.3 Å². The lowest BCUT2D eigenvalue weighted by Crippen LogP contribution is -2.14. The number of rotatable bonds is 7. The number of carbonyl (C=O) groups excluding carboxylic acids is 2. The van der Waals surface area contributed by atoms with E-state index in [2.05, 4.69) is 19.2 Å². The van der Waals surface area contributed by atoms with E-state index in [0.717, 1.165) is 0 Å². The van der Waals surface area contributed by atoms with Gasteiger partial charge in [0.2, 0.25) is 5.78 Å². The molecule has 1 amide bonds. The van der Waals surface area contributed by atoms with E-state index in [0.29, 0.717) is 46.1 Å². The highest BCUT2D eigenvalue weighted by atomic mass is 16.5. The fraction of sp³-hybridized carbons (Fsp3) is 0.154. The van der Waals surface area contributed by atoms with Crippen LogP contribution in [0.4, 0.5) is 5.69 Å². The summed E-state index contributed by atoms with van der Waals surface area (Å²) in [6, 6.07) is 23.0. The molecule has 0 fully saturated rings. The normalized spacial score (nSPS) is 10.9. The zero-order valence-electron chi connectivity index (χ0n) is 17.4. The van der Waals surface area contributed by atoms with Gasteiger partial charge in [-0.1, -0.05) is 56.3 Å². The molecule has 156 valence electrons. The molecule has 5 nitrogen and oxygen atoms in total. The Labute approximate surface area is 180 Å². The summed E-state index contributed by atoms with van der Waals surface area (Å²) in [5, 5.41) is 3.55. The van der Waals surface area contributed by atoms with Gasteiger partial charge in [0.15, 0.2) is 5.76 Å². The summed E-state index contributed by atoms with van der Waals surface area (Å²) >= 11 is 0. The molecule has 3 aromatic carbocycles. The van der Waals surface area contributed by atoms with Gasteiger partial charge in [-0.25, -0.2) is 0 Å². The van der Waals surface area contributed by atoms with Gasteiger partial charge in [-0.15, -0.1) is 0 Å². The maximum Gasteiger partial charge on any atom is 0.255 e. The fourth-order valence-corrected chi connectivity index (χ4v) is 3.20. The van der Waals surface area contributed by atoms with E-state index in [9.17, 15) is 9.59 Å². The van der Waals surface area contributed by atoms with Crippen LogP contribution in [0.5, 0.6) is 5.75 Å². The third kappa shape index (κ3) is 4.51. The molecule has 0 unspecified atom stereocenters. The zero-order valence-corrected chi connectivity index (χ0v) is 17.4. The van der Waals surface area contributed by atoms with Crippen molar-refractivity contribution < 1.29 is 18.7 Å². The second-order valence-corrected chi connectivity index (χ2v) is 7.68. The summed E-state index contributed by atoms with van der Waals surface area (Å²) < 4.78 is 11.5. The second kappa shape index (κ2) is 8.88. The molecule has 4 rings (SSSR count). The van der Waals surface area contributed by atoms with Crippen LogP contribution in [0.15, 0.2) is 83.3 Å². The highest BCUT2D eigenvalue weighted by molar-refractivity contribution is 6.18. The van der Waals surface area contributed by atoms with Crippen LogP contribution in [-0.4, -0.2) is 18.3 Å². The monoisotopic (exact) mass is 413 g/mol. The molecular formula is C26H23NO4. The number of hydrogen-bond donors (Lipinski definition) is 1. The number of anilines is 1. The second-order valence-electron chi connectivity index (χ2n) is 7.68. The Kier molecular flexibility index (Phi) is 5.85. The maximum absolute atomic E-state index is 13.1. The van der Waals surface area contributed by atoms with Gasteiger partial charge in [-0.3, -0.25) is 9.59 Å². The number of para-hydroxylation sites is 1. The first-order valence-corrected chi connectivity index (χ1v) is 10.2. The van der Waals surface area contributed by atoms with E-state index >= 15 is 0 Å². The first-order chi connectivity index (χ1) is 15.0. The van der Waals surface area contributed by atoms with Gasteiger partial charge in [0, 0.05) is 16.5 Å². The van der Waals surface area contributed by atoms with Gasteiger partial charge >= 0.3 is 0 Å². The Morgan fingerprint density at radius 2 is 1.55 bits per heavy atom. The molecule has 5 heteroatoms. The van der Waals surface area contributed by atoms with Crippen LogP contribution in [0.2, 0.25) is 0 Å². The van der Waals surface area contributed by atoms with Crippen LogP contribution in [0, 0.1) is 5.92 Å². The molecule has 31 heavy (non-hydrogen) atoms. The summed E-state index contributed by atoms with van der Waals surface area (Å²) in [5.41, 5.74) is 1.85. The lowest BCUT2D eigenvalue weighted by molar-refractivity contribution is 0.101. The minimum absolute atomic E-state index is 0.109. The molecule has 0 saturated carbocycles. The van der Waals surface area contributed by atoms with E-state index in [4.69, 9.17) is 9.15 Å². The fourth-order valence-electron chi connectivity index (χ4n) is 3.20. The third-order valence-corrected chi connectivity index (χ3v) is 4.78. The zero-order chi connectivity index (χ0) is 21.8. The summed E-state index contributed by atoms with van der Waals surface area (Å²) in [7, 11) is 0. The molecule has 1 N–H and O–H groups in total. The Morgan fingerprint density at radius 1 is 0.871 bits per heavy atom. The number of ether oxygens (including phenoxy) is 1. The Bertz CT molecular complexity index is 1210. The topological polar surface area (TPSA) is 68.5 Å². The molecule has 0 spiro atoms. The minimum atomic E-state index is -0.330. The van der Waals surface area contributed by atoms with E-state index < -0.39 is 0 Å². The predicted octanol–water partition coefficient (Wildman–Crippen LogP) is 5.95. The van der Waals surface area contributed by atoms with Crippen molar-refractivity contribution in [1.29, 1.82) is 0 Å². The largest absolute Gasteiger partial charge is 0.493 e. The summed E-state index contributed by atoms with van der Waals surface area (Å²) in [6.07, 6.45) is 0. The standard InChI is InChI=1S/C26H23NO4/c1-17(2)16-30-20-14-12-19(13-15-20)26(29)27-23-21-10-6-7-11-22(21)31-25(23)24(28)18-8-4-3-5-9-18/h3-15,17H,16H2,1-2H3,(H,27,29). The van der Waals surface area contributed by atoms with Crippen LogP contribution >= 0.6 is 0 Å². The van der Waals surface area contributed by atoms with E-state index in [1.165, 1.54) is 0 Å². The van der Waals surface area contributed by atoms with Crippen molar-refractivity contribution in [2.75, 3.05) is 11.9 Å². The van der Waals surface area contributed by atoms with Gasteiger partial charge < -0.3 is 14.5 Å². The van der Waals surface area contributed by atoms with Crippen LogP contribution in [0.25, 0.3) is 11.0 Å². The number of benzene rings is 3. The number of amides is 1. The lowest BCUT2D eigenvalue weighted by atomic mass is 10.1. The number of furan rings is 1. The molecule has 0 aliphatic heterocycles. The average molecular weight is 413 g/mol. The SMILES string of the molecule is CC(C)COc1ccc(C(=O)Nc2c(C(=O)c3ccccc3)oc3ccccc23)cc1. The van der Waals surface area contributed by atoms with Crippen LogP contribution in [-0.2, 0) is 0 Å². The smallest absolute Gasteiger partial charge is 0.255 e. The van der Waals surface area contributed by atoms with Crippen LogP contribution in [0.3, 0.4) is 0 Å². The molecule has 0 radical (unpaired) electrons. The summed E-state index contributed by atoms with van der Waals surface area (Å²) in [5.74, 6) is 0.614. The molecule has 0 saturated heterocycles. The summed E-state index contributed by atoms with van der Waals surface area (Å²) in [4.78, 5) is 26.0. The molecule has 1 aromatic heterocycles. The van der Waals surface area contributed by atoms with Gasteiger partial charge in [-0.2, -0.15) is 0 Å². The first-order valence-electron chi connectivity index (χ1n) is 10.2. The number of ketones is 1.